The Morgan fingerprint density at radius 1 is 1.52 bits per heavy atom. The van der Waals surface area contributed by atoms with Gasteiger partial charge < -0.3 is 9.64 Å². The molecule has 1 amide bonds. The van der Waals surface area contributed by atoms with Crippen molar-refractivity contribution in [3.05, 3.63) is 23.8 Å². The minimum atomic E-state index is -0.262. The maximum atomic E-state index is 11.9. The molecule has 21 heavy (non-hydrogen) atoms. The topological polar surface area (TPSA) is 54.3 Å². The van der Waals surface area contributed by atoms with Gasteiger partial charge in [-0.3, -0.25) is 9.79 Å². The van der Waals surface area contributed by atoms with Crippen LogP contribution in [-0.2, 0) is 9.53 Å². The third kappa shape index (κ3) is 1.95. The lowest BCUT2D eigenvalue weighted by Gasteiger charge is -2.35. The summed E-state index contributed by atoms with van der Waals surface area (Å²) in [6, 6.07) is 0.211. The molecule has 4 heterocycles. The number of nitrogens with zero attached hydrogens (tertiary/aromatic N) is 4. The number of aliphatic imine (C=N–C) groups is 2. The minimum absolute atomic E-state index is 0.0595. The van der Waals surface area contributed by atoms with Crippen molar-refractivity contribution >= 4 is 44.6 Å². The molecule has 4 aliphatic heterocycles. The van der Waals surface area contributed by atoms with Crippen LogP contribution in [0.25, 0.3) is 0 Å². The van der Waals surface area contributed by atoms with Crippen LogP contribution in [0.4, 0.5) is 0 Å². The van der Waals surface area contributed by atoms with Crippen molar-refractivity contribution in [1.82, 2.24) is 4.90 Å². The van der Waals surface area contributed by atoms with Crippen LogP contribution in [-0.4, -0.2) is 51.1 Å². The van der Waals surface area contributed by atoms with Crippen LogP contribution in [0.1, 0.15) is 12.8 Å². The fourth-order valence-corrected chi connectivity index (χ4v) is 3.83. The number of amidine groups is 1. The van der Waals surface area contributed by atoms with E-state index in [1.165, 1.54) is 0 Å². The first-order valence-electron chi connectivity index (χ1n) is 6.79. The van der Waals surface area contributed by atoms with Crippen molar-refractivity contribution in [2.24, 2.45) is 9.98 Å². The van der Waals surface area contributed by atoms with Crippen LogP contribution in [0.3, 0.4) is 0 Å². The van der Waals surface area contributed by atoms with Gasteiger partial charge in [-0.05, 0) is 6.42 Å². The molecule has 0 N–H and O–H groups in total. The summed E-state index contributed by atoms with van der Waals surface area (Å²) in [6.45, 7) is 1.08. The molecule has 3 atom stereocenters. The van der Waals surface area contributed by atoms with Gasteiger partial charge in [0.25, 0.3) is 4.74 Å². The number of allylic oxidation sites excluding steroid dienone is 1. The number of morpholine rings is 1. The molecule has 0 spiro atoms. The molecule has 0 saturated carbocycles. The lowest BCUT2D eigenvalue weighted by atomic mass is 10.1. The minimum Gasteiger partial charge on any atom is -0.368 e. The van der Waals surface area contributed by atoms with Crippen LogP contribution in [0.2, 0.25) is 0 Å². The molecular formula is C13H13BrClN4O2+. The lowest BCUT2D eigenvalue weighted by Crippen LogP contribution is -2.48. The van der Waals surface area contributed by atoms with Crippen molar-refractivity contribution in [2.75, 3.05) is 13.2 Å². The maximum Gasteiger partial charge on any atom is 0.300 e. The SMILES string of the molecule is O=C1CC[C@@H]2CO[C@@H](C3=C4C=NC=C[N+]4(Cl)C(Br)=N3)CN12. The third-order valence-corrected chi connectivity index (χ3v) is 5.65. The predicted molar refractivity (Wildman–Crippen MR) is 81.6 cm³/mol. The summed E-state index contributed by atoms with van der Waals surface area (Å²) in [7, 11) is 0. The summed E-state index contributed by atoms with van der Waals surface area (Å²) >= 11 is 9.98. The quantitative estimate of drug-likeness (QED) is 0.521. The molecule has 6 nitrogen and oxygen atoms in total. The molecule has 0 aliphatic carbocycles. The van der Waals surface area contributed by atoms with E-state index < -0.39 is 0 Å². The number of hydrogen-bond donors (Lipinski definition) is 0. The first kappa shape index (κ1) is 13.6. The zero-order valence-electron chi connectivity index (χ0n) is 11.1. The Morgan fingerprint density at radius 3 is 3.24 bits per heavy atom. The monoisotopic (exact) mass is 371 g/mol. The first-order valence-corrected chi connectivity index (χ1v) is 7.92. The number of carbonyl (C=O) groups excluding carboxylic acids is 1. The van der Waals surface area contributed by atoms with E-state index in [0.717, 1.165) is 17.8 Å². The van der Waals surface area contributed by atoms with Gasteiger partial charge in [-0.2, -0.15) is 4.99 Å². The molecule has 0 aromatic rings. The Hall–Kier alpha value is -1.02. The van der Waals surface area contributed by atoms with Gasteiger partial charge in [-0.25, -0.2) is 0 Å². The first-order chi connectivity index (χ1) is 10.1. The molecule has 1 unspecified atom stereocenters. The summed E-state index contributed by atoms with van der Waals surface area (Å²) in [5.74, 6) is 0.198. The maximum absolute atomic E-state index is 11.9. The summed E-state index contributed by atoms with van der Waals surface area (Å²) in [4.78, 5) is 22.5. The van der Waals surface area contributed by atoms with Crippen LogP contribution in [0.5, 0.6) is 0 Å². The van der Waals surface area contributed by atoms with E-state index in [1.807, 2.05) is 4.90 Å². The van der Waals surface area contributed by atoms with E-state index >= 15 is 0 Å². The van der Waals surface area contributed by atoms with Crippen molar-refractivity contribution in [1.29, 1.82) is 0 Å². The summed E-state index contributed by atoms with van der Waals surface area (Å²) in [5.41, 5.74) is 1.50. The Balaban J connectivity index is 1.68. The molecular weight excluding hydrogens is 360 g/mol. The van der Waals surface area contributed by atoms with E-state index in [-0.39, 0.29) is 22.1 Å². The van der Waals surface area contributed by atoms with E-state index in [2.05, 4.69) is 25.9 Å². The van der Waals surface area contributed by atoms with Gasteiger partial charge >= 0.3 is 0 Å². The van der Waals surface area contributed by atoms with Crippen LogP contribution >= 0.6 is 27.7 Å². The fraction of sp³-hybridized carbons (Fsp3) is 0.462. The number of carbonyl (C=O) groups is 1. The fourth-order valence-electron chi connectivity index (χ4n) is 3.11. The number of ether oxygens (including phenoxy) is 1. The van der Waals surface area contributed by atoms with Gasteiger partial charge in [0, 0.05) is 22.4 Å². The second kappa shape index (κ2) is 4.74. The predicted octanol–water partition coefficient (Wildman–Crippen LogP) is 1.88. The van der Waals surface area contributed by atoms with Crippen molar-refractivity contribution in [2.45, 2.75) is 25.0 Å². The summed E-state index contributed by atoms with van der Waals surface area (Å²) < 4.78 is 6.45. The molecule has 0 aromatic carbocycles. The normalized spacial score (nSPS) is 37.9. The van der Waals surface area contributed by atoms with E-state index in [4.69, 9.17) is 16.5 Å². The molecule has 4 aliphatic rings. The number of halogens is 2. The third-order valence-electron chi connectivity index (χ3n) is 4.26. The average molecular weight is 373 g/mol. The Labute approximate surface area is 135 Å². The molecule has 0 bridgehead atoms. The van der Waals surface area contributed by atoms with Crippen LogP contribution < -0.4 is 0 Å². The second-order valence-electron chi connectivity index (χ2n) is 5.42. The highest BCUT2D eigenvalue weighted by Gasteiger charge is 2.48. The highest BCUT2D eigenvalue weighted by atomic mass is 79.9. The standard InChI is InChI=1S/C13H13BrClN4O2/c14-13-17-12(9-5-16-3-4-19(9,13)15)10-6-18-8(7-21-10)1-2-11(18)20/h3-5,8,10H,1-2,6-7H2/q+1/t8-,10-,19?/m1/s1. The zero-order valence-corrected chi connectivity index (χ0v) is 13.4. The van der Waals surface area contributed by atoms with Gasteiger partial charge in [0.2, 0.25) is 11.6 Å². The molecule has 0 aromatic heterocycles. The molecule has 2 saturated heterocycles. The van der Waals surface area contributed by atoms with E-state index in [0.29, 0.717) is 24.3 Å². The smallest absolute Gasteiger partial charge is 0.300 e. The summed E-state index contributed by atoms with van der Waals surface area (Å²) in [6.07, 6.45) is 6.30. The van der Waals surface area contributed by atoms with Gasteiger partial charge in [-0.1, -0.05) is 0 Å². The van der Waals surface area contributed by atoms with Crippen molar-refractivity contribution in [3.8, 4) is 0 Å². The second-order valence-corrected chi connectivity index (χ2v) is 6.67. The average Bonchev–Trinajstić information content (AvgIpc) is 2.98. The van der Waals surface area contributed by atoms with Gasteiger partial charge in [-0.15, -0.1) is 4.00 Å². The van der Waals surface area contributed by atoms with E-state index in [1.54, 1.807) is 18.6 Å². The number of rotatable bonds is 1. The molecule has 8 heteroatoms. The highest BCUT2D eigenvalue weighted by molar-refractivity contribution is 9.18. The Kier molecular flexibility index (Phi) is 3.08. The summed E-state index contributed by atoms with van der Waals surface area (Å²) in [5, 5.41) is 0. The van der Waals surface area contributed by atoms with Crippen LogP contribution in [0.15, 0.2) is 33.8 Å². The number of hydrogen-bond acceptors (Lipinski definition) is 4. The molecule has 4 rings (SSSR count). The molecule has 110 valence electrons. The van der Waals surface area contributed by atoms with Crippen molar-refractivity contribution < 1.29 is 13.5 Å². The number of fused-ring (bicyclic) bond motifs is 2. The largest absolute Gasteiger partial charge is 0.368 e. The van der Waals surface area contributed by atoms with Gasteiger partial charge in [0.1, 0.15) is 18.0 Å². The number of amides is 1. The Bertz CT molecular complexity index is 644. The van der Waals surface area contributed by atoms with Gasteiger partial charge in [0.15, 0.2) is 11.8 Å². The van der Waals surface area contributed by atoms with Crippen LogP contribution in [0, 0.1) is 0 Å². The number of quaternary nitrogens is 1. The molecule has 0 radical (unpaired) electrons. The molecule has 2 fully saturated rings. The Morgan fingerprint density at radius 2 is 2.38 bits per heavy atom. The highest BCUT2D eigenvalue weighted by Crippen LogP contribution is 2.40. The van der Waals surface area contributed by atoms with E-state index in [9.17, 15) is 4.79 Å². The van der Waals surface area contributed by atoms with Crippen molar-refractivity contribution in [3.63, 3.8) is 0 Å². The zero-order chi connectivity index (χ0) is 14.6. The lowest BCUT2D eigenvalue weighted by molar-refractivity contribution is -0.595. The van der Waals surface area contributed by atoms with Gasteiger partial charge in [0.05, 0.1) is 31.6 Å².